The van der Waals surface area contributed by atoms with Gasteiger partial charge in [-0.1, -0.05) is 6.07 Å². The number of methoxy groups -OCH3 is 1. The number of ether oxygens (including phenoxy) is 1. The summed E-state index contributed by atoms with van der Waals surface area (Å²) in [6.45, 7) is 4.35. The van der Waals surface area contributed by atoms with Gasteiger partial charge in [0.1, 0.15) is 5.75 Å². The van der Waals surface area contributed by atoms with E-state index in [4.69, 9.17) is 9.84 Å². The molecule has 0 radical (unpaired) electrons. The van der Waals surface area contributed by atoms with Gasteiger partial charge in [-0.3, -0.25) is 4.79 Å². The summed E-state index contributed by atoms with van der Waals surface area (Å²) >= 11 is 0. The van der Waals surface area contributed by atoms with Gasteiger partial charge < -0.3 is 14.7 Å². The molecule has 4 nitrogen and oxygen atoms in total. The first kappa shape index (κ1) is 15.3. The number of anilines is 1. The van der Waals surface area contributed by atoms with Crippen molar-refractivity contribution in [2.75, 3.05) is 25.6 Å². The lowest BCUT2D eigenvalue weighted by atomic mass is 9.88. The molecule has 1 aromatic rings. The van der Waals surface area contributed by atoms with E-state index in [2.05, 4.69) is 4.90 Å². The highest BCUT2D eigenvalue weighted by Gasteiger charge is 2.26. The second-order valence-corrected chi connectivity index (χ2v) is 5.42. The monoisotopic (exact) mass is 265 g/mol. The molecule has 0 saturated carbocycles. The van der Waals surface area contributed by atoms with Gasteiger partial charge in [0.05, 0.1) is 12.5 Å². The molecule has 19 heavy (non-hydrogen) atoms. The summed E-state index contributed by atoms with van der Waals surface area (Å²) in [7, 11) is 3.65. The van der Waals surface area contributed by atoms with Gasteiger partial charge in [-0.05, 0) is 38.8 Å². The van der Waals surface area contributed by atoms with Crippen LogP contribution in [-0.4, -0.2) is 31.8 Å². The first-order valence-electron chi connectivity index (χ1n) is 6.45. The number of carboxylic acids is 1. The fourth-order valence-corrected chi connectivity index (χ4v) is 1.84. The van der Waals surface area contributed by atoms with Crippen LogP contribution in [0.1, 0.15) is 26.7 Å². The van der Waals surface area contributed by atoms with Gasteiger partial charge >= 0.3 is 5.97 Å². The highest BCUT2D eigenvalue weighted by atomic mass is 16.5. The van der Waals surface area contributed by atoms with Gasteiger partial charge in [0.25, 0.3) is 0 Å². The molecule has 0 saturated heterocycles. The van der Waals surface area contributed by atoms with E-state index in [1.165, 1.54) is 0 Å². The van der Waals surface area contributed by atoms with Crippen LogP contribution >= 0.6 is 0 Å². The van der Waals surface area contributed by atoms with Crippen molar-refractivity contribution in [3.05, 3.63) is 24.3 Å². The van der Waals surface area contributed by atoms with Gasteiger partial charge in [0, 0.05) is 25.3 Å². The molecule has 1 N–H and O–H groups in total. The number of rotatable bonds is 7. The van der Waals surface area contributed by atoms with E-state index >= 15 is 0 Å². The predicted octanol–water partition coefficient (Wildman–Crippen LogP) is 3.02. The quantitative estimate of drug-likeness (QED) is 0.823. The molecule has 0 unspecified atom stereocenters. The van der Waals surface area contributed by atoms with Crippen LogP contribution in [0.5, 0.6) is 5.75 Å². The average molecular weight is 265 g/mol. The molecule has 1 aromatic carbocycles. The lowest BCUT2D eigenvalue weighted by Crippen LogP contribution is -2.26. The normalized spacial score (nSPS) is 11.2. The van der Waals surface area contributed by atoms with E-state index in [-0.39, 0.29) is 0 Å². The zero-order valence-electron chi connectivity index (χ0n) is 12.1. The first-order chi connectivity index (χ1) is 8.86. The van der Waals surface area contributed by atoms with Crippen molar-refractivity contribution >= 4 is 11.7 Å². The zero-order valence-corrected chi connectivity index (χ0v) is 12.1. The number of carboxylic acid groups (broad SMARTS) is 1. The van der Waals surface area contributed by atoms with Gasteiger partial charge in [-0.15, -0.1) is 0 Å². The van der Waals surface area contributed by atoms with E-state index in [0.29, 0.717) is 6.42 Å². The number of carbonyl (C=O) groups is 1. The van der Waals surface area contributed by atoms with Gasteiger partial charge in [-0.25, -0.2) is 0 Å². The molecule has 0 aliphatic rings. The number of hydrogen-bond donors (Lipinski definition) is 1. The summed E-state index contributed by atoms with van der Waals surface area (Å²) in [5, 5.41) is 9.06. The topological polar surface area (TPSA) is 49.8 Å². The van der Waals surface area contributed by atoms with Crippen molar-refractivity contribution in [1.82, 2.24) is 0 Å². The summed E-state index contributed by atoms with van der Waals surface area (Å²) in [4.78, 5) is 13.1. The predicted molar refractivity (Wildman–Crippen MR) is 76.9 cm³/mol. The largest absolute Gasteiger partial charge is 0.497 e. The van der Waals surface area contributed by atoms with Crippen LogP contribution in [0.4, 0.5) is 5.69 Å². The molecule has 0 heterocycles. The molecule has 0 aliphatic heterocycles. The highest BCUT2D eigenvalue weighted by Crippen LogP contribution is 2.24. The number of nitrogens with zero attached hydrogens (tertiary/aromatic N) is 1. The Bertz CT molecular complexity index is 429. The van der Waals surface area contributed by atoms with Crippen LogP contribution in [0.25, 0.3) is 0 Å². The molecular formula is C15H23NO3. The molecule has 0 amide bonds. The molecule has 0 aromatic heterocycles. The van der Waals surface area contributed by atoms with Crippen LogP contribution in [-0.2, 0) is 4.79 Å². The Morgan fingerprint density at radius 2 is 2.11 bits per heavy atom. The van der Waals surface area contributed by atoms with Crippen molar-refractivity contribution in [1.29, 1.82) is 0 Å². The Kier molecular flexibility index (Phi) is 5.21. The SMILES string of the molecule is COc1cccc(N(C)CCCC(C)(C)C(=O)O)c1. The molecule has 0 bridgehead atoms. The second-order valence-electron chi connectivity index (χ2n) is 5.42. The molecule has 0 atom stereocenters. The van der Waals surface area contributed by atoms with Crippen molar-refractivity contribution in [2.45, 2.75) is 26.7 Å². The van der Waals surface area contributed by atoms with Gasteiger partial charge in [0.15, 0.2) is 0 Å². The third kappa shape index (κ3) is 4.47. The Morgan fingerprint density at radius 3 is 2.68 bits per heavy atom. The Labute approximate surface area is 115 Å². The Hall–Kier alpha value is -1.71. The fraction of sp³-hybridized carbons (Fsp3) is 0.533. The molecule has 1 rings (SSSR count). The minimum atomic E-state index is -0.739. The summed E-state index contributed by atoms with van der Waals surface area (Å²) in [6, 6.07) is 7.85. The van der Waals surface area contributed by atoms with Crippen molar-refractivity contribution in [3.63, 3.8) is 0 Å². The minimum absolute atomic E-state index is 0.658. The maximum Gasteiger partial charge on any atom is 0.309 e. The van der Waals surface area contributed by atoms with Crippen molar-refractivity contribution in [3.8, 4) is 5.75 Å². The molecule has 106 valence electrons. The second kappa shape index (κ2) is 6.45. The third-order valence-electron chi connectivity index (χ3n) is 3.37. The van der Waals surface area contributed by atoms with E-state index in [1.807, 2.05) is 31.3 Å². The molecule has 0 fully saturated rings. The maximum atomic E-state index is 11.0. The number of hydrogen-bond acceptors (Lipinski definition) is 3. The summed E-state index contributed by atoms with van der Waals surface area (Å²) in [5.41, 5.74) is 0.419. The molecule has 0 spiro atoms. The smallest absolute Gasteiger partial charge is 0.309 e. The summed E-state index contributed by atoms with van der Waals surface area (Å²) in [6.07, 6.45) is 1.50. The van der Waals surface area contributed by atoms with Crippen LogP contribution in [0.2, 0.25) is 0 Å². The van der Waals surface area contributed by atoms with Crippen LogP contribution in [0, 0.1) is 5.41 Å². The standard InChI is InChI=1S/C15H23NO3/c1-15(2,14(17)18)9-6-10-16(3)12-7-5-8-13(11-12)19-4/h5,7-8,11H,6,9-10H2,1-4H3,(H,17,18). The van der Waals surface area contributed by atoms with Crippen LogP contribution in [0.3, 0.4) is 0 Å². The van der Waals surface area contributed by atoms with Crippen molar-refractivity contribution in [2.24, 2.45) is 5.41 Å². The van der Waals surface area contributed by atoms with Crippen molar-refractivity contribution < 1.29 is 14.6 Å². The van der Waals surface area contributed by atoms with E-state index < -0.39 is 11.4 Å². The highest BCUT2D eigenvalue weighted by molar-refractivity contribution is 5.73. The van der Waals surface area contributed by atoms with Gasteiger partial charge in [0.2, 0.25) is 0 Å². The fourth-order valence-electron chi connectivity index (χ4n) is 1.84. The number of aliphatic carboxylic acids is 1. The van der Waals surface area contributed by atoms with Gasteiger partial charge in [-0.2, -0.15) is 0 Å². The molecule has 0 aliphatic carbocycles. The Morgan fingerprint density at radius 1 is 1.42 bits per heavy atom. The molecular weight excluding hydrogens is 242 g/mol. The van der Waals surface area contributed by atoms with Crippen LogP contribution < -0.4 is 9.64 Å². The number of benzene rings is 1. The summed E-state index contributed by atoms with van der Waals surface area (Å²) in [5.74, 6) is 0.0896. The lowest BCUT2D eigenvalue weighted by molar-refractivity contribution is -0.147. The van der Waals surface area contributed by atoms with E-state index in [0.717, 1.165) is 24.4 Å². The zero-order chi connectivity index (χ0) is 14.5. The van der Waals surface area contributed by atoms with E-state index in [9.17, 15) is 4.79 Å². The van der Waals surface area contributed by atoms with Crippen LogP contribution in [0.15, 0.2) is 24.3 Å². The average Bonchev–Trinajstić information content (AvgIpc) is 2.38. The van der Waals surface area contributed by atoms with E-state index in [1.54, 1.807) is 21.0 Å². The minimum Gasteiger partial charge on any atom is -0.497 e. The first-order valence-corrected chi connectivity index (χ1v) is 6.45. The third-order valence-corrected chi connectivity index (χ3v) is 3.37. The Balaban J connectivity index is 2.51. The summed E-state index contributed by atoms with van der Waals surface area (Å²) < 4.78 is 5.19. The molecule has 4 heteroatoms. The lowest BCUT2D eigenvalue weighted by Gasteiger charge is -2.23. The maximum absolute atomic E-state index is 11.0.